The van der Waals surface area contributed by atoms with Crippen molar-refractivity contribution in [2.75, 3.05) is 0 Å². The van der Waals surface area contributed by atoms with Gasteiger partial charge in [0.2, 0.25) is 5.91 Å². The summed E-state index contributed by atoms with van der Waals surface area (Å²) in [6.07, 6.45) is -0.941. The van der Waals surface area contributed by atoms with Gasteiger partial charge in [0.05, 0.1) is 0 Å². The lowest BCUT2D eigenvalue weighted by atomic mass is 10.2. The number of nitrogens with one attached hydrogen (secondary N) is 1. The van der Waals surface area contributed by atoms with Gasteiger partial charge in [0.1, 0.15) is 6.10 Å². The fourth-order valence-electron chi connectivity index (χ4n) is 0.933. The van der Waals surface area contributed by atoms with Crippen molar-refractivity contribution in [2.45, 2.75) is 19.6 Å². The van der Waals surface area contributed by atoms with Crippen LogP contribution in [0.5, 0.6) is 0 Å². The first-order valence-electron chi connectivity index (χ1n) is 4.20. The highest BCUT2D eigenvalue weighted by Crippen LogP contribution is 1.97. The number of hydrogen-bond donors (Lipinski definition) is 2. The van der Waals surface area contributed by atoms with Crippen LogP contribution in [0.2, 0.25) is 0 Å². The van der Waals surface area contributed by atoms with Crippen LogP contribution >= 0.6 is 0 Å². The molecule has 3 heteroatoms. The van der Waals surface area contributed by atoms with E-state index in [9.17, 15) is 4.79 Å². The zero-order valence-electron chi connectivity index (χ0n) is 7.53. The standard InChI is InChI=1S/C10H13NO2/c1-8(12)10(13)11-7-9-5-3-2-4-6-9/h2-6,8,12H,7H2,1H3,(H,11,13). The van der Waals surface area contributed by atoms with Gasteiger partial charge in [-0.1, -0.05) is 30.3 Å². The minimum Gasteiger partial charge on any atom is -0.384 e. The van der Waals surface area contributed by atoms with Crippen molar-refractivity contribution in [3.05, 3.63) is 35.9 Å². The van der Waals surface area contributed by atoms with E-state index < -0.39 is 6.10 Å². The van der Waals surface area contributed by atoms with Crippen LogP contribution in [0.4, 0.5) is 0 Å². The second-order valence-corrected chi connectivity index (χ2v) is 2.88. The van der Waals surface area contributed by atoms with E-state index in [4.69, 9.17) is 5.11 Å². The van der Waals surface area contributed by atoms with Crippen LogP contribution in [0.1, 0.15) is 12.5 Å². The molecule has 1 aromatic rings. The maximum absolute atomic E-state index is 11.0. The van der Waals surface area contributed by atoms with Crippen LogP contribution in [0.3, 0.4) is 0 Å². The summed E-state index contributed by atoms with van der Waals surface area (Å²) in [5.74, 6) is -0.344. The molecule has 13 heavy (non-hydrogen) atoms. The fraction of sp³-hybridized carbons (Fsp3) is 0.300. The quantitative estimate of drug-likeness (QED) is 0.717. The Morgan fingerprint density at radius 1 is 1.46 bits per heavy atom. The van der Waals surface area contributed by atoms with Crippen molar-refractivity contribution < 1.29 is 9.90 Å². The molecule has 0 fully saturated rings. The Morgan fingerprint density at radius 3 is 2.62 bits per heavy atom. The van der Waals surface area contributed by atoms with Crippen LogP contribution < -0.4 is 5.32 Å². The maximum atomic E-state index is 11.0. The fourth-order valence-corrected chi connectivity index (χ4v) is 0.933. The zero-order valence-corrected chi connectivity index (χ0v) is 7.53. The topological polar surface area (TPSA) is 49.3 Å². The molecule has 0 aliphatic rings. The number of hydrogen-bond acceptors (Lipinski definition) is 2. The average molecular weight is 179 g/mol. The number of amides is 1. The summed E-state index contributed by atoms with van der Waals surface area (Å²) in [4.78, 5) is 11.0. The third-order valence-corrected chi connectivity index (χ3v) is 1.69. The summed E-state index contributed by atoms with van der Waals surface area (Å²) < 4.78 is 0. The Hall–Kier alpha value is -1.35. The SMILES string of the molecule is CC(O)C(=O)NCc1ccccc1. The molecule has 0 aromatic heterocycles. The summed E-state index contributed by atoms with van der Waals surface area (Å²) in [6.45, 7) is 1.91. The van der Waals surface area contributed by atoms with E-state index in [1.54, 1.807) is 0 Å². The van der Waals surface area contributed by atoms with Crippen LogP contribution in [-0.2, 0) is 11.3 Å². The molecule has 0 spiro atoms. The normalized spacial score (nSPS) is 12.2. The van der Waals surface area contributed by atoms with Gasteiger partial charge in [-0.05, 0) is 12.5 Å². The number of aliphatic hydroxyl groups is 1. The van der Waals surface area contributed by atoms with Crippen LogP contribution in [0, 0.1) is 0 Å². The lowest BCUT2D eigenvalue weighted by molar-refractivity contribution is -0.128. The number of aliphatic hydroxyl groups excluding tert-OH is 1. The first-order chi connectivity index (χ1) is 6.20. The molecule has 1 amide bonds. The van der Waals surface area contributed by atoms with Crippen molar-refractivity contribution in [1.29, 1.82) is 0 Å². The second-order valence-electron chi connectivity index (χ2n) is 2.88. The van der Waals surface area contributed by atoms with Crippen LogP contribution in [-0.4, -0.2) is 17.1 Å². The van der Waals surface area contributed by atoms with E-state index in [2.05, 4.69) is 5.32 Å². The van der Waals surface area contributed by atoms with E-state index in [0.29, 0.717) is 6.54 Å². The lowest BCUT2D eigenvalue weighted by Crippen LogP contribution is -2.31. The number of carbonyl (C=O) groups is 1. The highest BCUT2D eigenvalue weighted by atomic mass is 16.3. The minimum absolute atomic E-state index is 0.344. The Morgan fingerprint density at radius 2 is 2.08 bits per heavy atom. The molecule has 3 nitrogen and oxygen atoms in total. The first kappa shape index (κ1) is 9.74. The average Bonchev–Trinajstić information content (AvgIpc) is 2.15. The summed E-state index contributed by atoms with van der Waals surface area (Å²) in [7, 11) is 0. The van der Waals surface area contributed by atoms with Gasteiger partial charge in [-0.3, -0.25) is 4.79 Å². The Bertz CT molecular complexity index is 270. The van der Waals surface area contributed by atoms with Crippen molar-refractivity contribution in [3.63, 3.8) is 0 Å². The van der Waals surface area contributed by atoms with Crippen molar-refractivity contribution in [3.8, 4) is 0 Å². The monoisotopic (exact) mass is 179 g/mol. The molecule has 2 N–H and O–H groups in total. The van der Waals surface area contributed by atoms with Crippen LogP contribution in [0.15, 0.2) is 30.3 Å². The molecule has 1 aromatic carbocycles. The van der Waals surface area contributed by atoms with E-state index in [1.807, 2.05) is 30.3 Å². The van der Waals surface area contributed by atoms with Gasteiger partial charge in [-0.15, -0.1) is 0 Å². The molecule has 0 heterocycles. The van der Waals surface area contributed by atoms with Gasteiger partial charge in [-0.25, -0.2) is 0 Å². The summed E-state index contributed by atoms with van der Waals surface area (Å²) in [6, 6.07) is 9.57. The van der Waals surface area contributed by atoms with Gasteiger partial charge in [0, 0.05) is 6.54 Å². The van der Waals surface area contributed by atoms with E-state index in [1.165, 1.54) is 6.92 Å². The molecule has 1 unspecified atom stereocenters. The molecular formula is C10H13NO2. The molecule has 70 valence electrons. The Kier molecular flexibility index (Phi) is 3.46. The molecule has 0 aliphatic heterocycles. The molecule has 0 bridgehead atoms. The first-order valence-corrected chi connectivity index (χ1v) is 4.20. The Labute approximate surface area is 77.4 Å². The van der Waals surface area contributed by atoms with Crippen molar-refractivity contribution >= 4 is 5.91 Å². The molecule has 0 saturated carbocycles. The highest BCUT2D eigenvalue weighted by Gasteiger charge is 2.06. The largest absolute Gasteiger partial charge is 0.384 e. The van der Waals surface area contributed by atoms with Crippen molar-refractivity contribution in [1.82, 2.24) is 5.32 Å². The van der Waals surface area contributed by atoms with Gasteiger partial charge < -0.3 is 10.4 Å². The van der Waals surface area contributed by atoms with Crippen molar-refractivity contribution in [2.24, 2.45) is 0 Å². The van der Waals surface area contributed by atoms with Crippen LogP contribution in [0.25, 0.3) is 0 Å². The number of rotatable bonds is 3. The summed E-state index contributed by atoms with van der Waals surface area (Å²) >= 11 is 0. The van der Waals surface area contributed by atoms with Gasteiger partial charge in [0.25, 0.3) is 0 Å². The zero-order chi connectivity index (χ0) is 9.68. The number of carbonyl (C=O) groups excluding carboxylic acids is 1. The Balaban J connectivity index is 2.40. The molecule has 0 aliphatic carbocycles. The third-order valence-electron chi connectivity index (χ3n) is 1.69. The highest BCUT2D eigenvalue weighted by molar-refractivity contribution is 5.79. The summed E-state index contributed by atoms with van der Waals surface area (Å²) in [5, 5.41) is 11.5. The third kappa shape index (κ3) is 3.25. The number of benzene rings is 1. The predicted octanol–water partition coefficient (Wildman–Crippen LogP) is 0.684. The minimum atomic E-state index is -0.941. The van der Waals surface area contributed by atoms with E-state index in [-0.39, 0.29) is 5.91 Å². The van der Waals surface area contributed by atoms with Gasteiger partial charge in [-0.2, -0.15) is 0 Å². The second kappa shape index (κ2) is 4.62. The molecule has 1 rings (SSSR count). The maximum Gasteiger partial charge on any atom is 0.248 e. The molecular weight excluding hydrogens is 166 g/mol. The molecule has 0 radical (unpaired) electrons. The molecule has 0 saturated heterocycles. The van der Waals surface area contributed by atoms with E-state index >= 15 is 0 Å². The smallest absolute Gasteiger partial charge is 0.248 e. The summed E-state index contributed by atoms with van der Waals surface area (Å²) in [5.41, 5.74) is 1.02. The van der Waals surface area contributed by atoms with Gasteiger partial charge in [0.15, 0.2) is 0 Å². The predicted molar refractivity (Wildman–Crippen MR) is 50.0 cm³/mol. The van der Waals surface area contributed by atoms with E-state index in [0.717, 1.165) is 5.56 Å². The lowest BCUT2D eigenvalue weighted by Gasteiger charge is -2.06. The molecule has 1 atom stereocenters. The van der Waals surface area contributed by atoms with Gasteiger partial charge >= 0.3 is 0 Å².